The lowest BCUT2D eigenvalue weighted by molar-refractivity contribution is 0.318. The molecule has 1 aliphatic rings. The third-order valence-electron chi connectivity index (χ3n) is 2.98. The van der Waals surface area contributed by atoms with Crippen LogP contribution in [-0.4, -0.2) is 26.9 Å². The molecular weight excluding hydrogens is 230 g/mol. The first-order valence-electron chi connectivity index (χ1n) is 6.16. The number of aromatic nitrogens is 3. The van der Waals surface area contributed by atoms with Gasteiger partial charge in [0.15, 0.2) is 17.3 Å². The van der Waals surface area contributed by atoms with Crippen LogP contribution in [0.4, 0.5) is 0 Å². The van der Waals surface area contributed by atoms with E-state index in [1.165, 1.54) is 12.8 Å². The van der Waals surface area contributed by atoms with Crippen molar-refractivity contribution >= 4 is 0 Å². The van der Waals surface area contributed by atoms with Gasteiger partial charge in [-0.15, -0.1) is 0 Å². The van der Waals surface area contributed by atoms with Gasteiger partial charge in [0.25, 0.3) is 0 Å². The summed E-state index contributed by atoms with van der Waals surface area (Å²) in [7, 11) is 0. The molecule has 2 N–H and O–H groups in total. The lowest BCUT2D eigenvalue weighted by Crippen LogP contribution is -1.92. The van der Waals surface area contributed by atoms with E-state index in [1.54, 1.807) is 18.2 Å². The summed E-state index contributed by atoms with van der Waals surface area (Å²) in [6.45, 7) is 2.39. The predicted octanol–water partition coefficient (Wildman–Crippen LogP) is 2.45. The molecule has 1 aromatic carbocycles. The Morgan fingerprint density at radius 1 is 1.44 bits per heavy atom. The summed E-state index contributed by atoms with van der Waals surface area (Å²) >= 11 is 0. The molecule has 5 nitrogen and oxygen atoms in total. The highest BCUT2D eigenvalue weighted by Crippen LogP contribution is 2.38. The van der Waals surface area contributed by atoms with E-state index in [-0.39, 0.29) is 5.75 Å². The van der Waals surface area contributed by atoms with Gasteiger partial charge in [-0.05, 0) is 38.0 Å². The first-order chi connectivity index (χ1) is 8.78. The molecular formula is C13H15N3O2. The van der Waals surface area contributed by atoms with Gasteiger partial charge in [0.2, 0.25) is 0 Å². The van der Waals surface area contributed by atoms with Gasteiger partial charge in [0.05, 0.1) is 6.61 Å². The minimum Gasteiger partial charge on any atom is -0.504 e. The van der Waals surface area contributed by atoms with Crippen molar-refractivity contribution in [3.05, 3.63) is 24.0 Å². The molecule has 18 heavy (non-hydrogen) atoms. The van der Waals surface area contributed by atoms with Gasteiger partial charge in [-0.2, -0.15) is 5.10 Å². The molecule has 2 aromatic rings. The van der Waals surface area contributed by atoms with Gasteiger partial charge in [-0.25, -0.2) is 4.98 Å². The quantitative estimate of drug-likeness (QED) is 0.868. The summed E-state index contributed by atoms with van der Waals surface area (Å²) in [6.07, 6.45) is 2.38. The van der Waals surface area contributed by atoms with Crippen LogP contribution in [0.15, 0.2) is 18.2 Å². The number of rotatable bonds is 4. The molecule has 0 bridgehead atoms. The Morgan fingerprint density at radius 3 is 3.00 bits per heavy atom. The Balaban J connectivity index is 1.91. The van der Waals surface area contributed by atoms with Crippen molar-refractivity contribution in [1.82, 2.24) is 15.2 Å². The van der Waals surface area contributed by atoms with Crippen molar-refractivity contribution in [3.8, 4) is 22.9 Å². The second-order valence-electron chi connectivity index (χ2n) is 4.43. The van der Waals surface area contributed by atoms with Gasteiger partial charge in [-0.3, -0.25) is 5.10 Å². The summed E-state index contributed by atoms with van der Waals surface area (Å²) < 4.78 is 5.35. The number of phenols is 1. The summed E-state index contributed by atoms with van der Waals surface area (Å²) in [4.78, 5) is 4.47. The van der Waals surface area contributed by atoms with E-state index in [9.17, 15) is 5.11 Å². The van der Waals surface area contributed by atoms with Crippen LogP contribution in [0.5, 0.6) is 11.5 Å². The van der Waals surface area contributed by atoms with Crippen LogP contribution in [0.2, 0.25) is 0 Å². The molecule has 1 aromatic heterocycles. The zero-order chi connectivity index (χ0) is 12.5. The Bertz CT molecular complexity index is 561. The first-order valence-corrected chi connectivity index (χ1v) is 6.16. The number of aromatic amines is 1. The molecule has 5 heteroatoms. The average molecular weight is 245 g/mol. The minimum atomic E-state index is 0.138. The van der Waals surface area contributed by atoms with Crippen LogP contribution in [0.1, 0.15) is 31.5 Å². The molecule has 1 fully saturated rings. The number of H-pyrrole nitrogens is 1. The molecule has 0 saturated heterocycles. The standard InChI is InChI=1S/C13H15N3O2/c1-2-18-11-7-9(5-6-10(11)17)13-14-12(15-16-13)8-3-4-8/h5-8,17H,2-4H2,1H3,(H,14,15,16). The van der Waals surface area contributed by atoms with E-state index in [4.69, 9.17) is 4.74 Å². The zero-order valence-electron chi connectivity index (χ0n) is 10.2. The van der Waals surface area contributed by atoms with E-state index >= 15 is 0 Å². The van der Waals surface area contributed by atoms with E-state index in [1.807, 2.05) is 6.92 Å². The smallest absolute Gasteiger partial charge is 0.181 e. The number of benzene rings is 1. The lowest BCUT2D eigenvalue weighted by atomic mass is 10.2. The fourth-order valence-corrected chi connectivity index (χ4v) is 1.87. The number of ether oxygens (including phenoxy) is 1. The van der Waals surface area contributed by atoms with Gasteiger partial charge in [-0.1, -0.05) is 0 Å². The zero-order valence-corrected chi connectivity index (χ0v) is 10.2. The molecule has 94 valence electrons. The van der Waals surface area contributed by atoms with Crippen molar-refractivity contribution < 1.29 is 9.84 Å². The summed E-state index contributed by atoms with van der Waals surface area (Å²) in [5.41, 5.74) is 0.847. The summed E-state index contributed by atoms with van der Waals surface area (Å²) in [5.74, 6) is 2.76. The van der Waals surface area contributed by atoms with E-state index in [0.29, 0.717) is 24.1 Å². The van der Waals surface area contributed by atoms with Crippen molar-refractivity contribution in [2.75, 3.05) is 6.61 Å². The summed E-state index contributed by atoms with van der Waals surface area (Å²) in [5, 5.41) is 16.8. The molecule has 1 saturated carbocycles. The number of phenolic OH excluding ortho intramolecular Hbond substituents is 1. The topological polar surface area (TPSA) is 71.0 Å². The second kappa shape index (κ2) is 4.33. The van der Waals surface area contributed by atoms with E-state index < -0.39 is 0 Å². The number of aromatic hydroxyl groups is 1. The van der Waals surface area contributed by atoms with Crippen molar-refractivity contribution in [2.45, 2.75) is 25.7 Å². The molecule has 3 rings (SSSR count). The maximum atomic E-state index is 9.64. The van der Waals surface area contributed by atoms with Gasteiger partial charge in [0, 0.05) is 11.5 Å². The van der Waals surface area contributed by atoms with Gasteiger partial charge in [0.1, 0.15) is 5.82 Å². The SMILES string of the molecule is CCOc1cc(-c2n[nH]c(C3CC3)n2)ccc1O. The molecule has 0 aliphatic heterocycles. The number of hydrogen-bond acceptors (Lipinski definition) is 4. The largest absolute Gasteiger partial charge is 0.504 e. The Hall–Kier alpha value is -2.04. The highest BCUT2D eigenvalue weighted by atomic mass is 16.5. The third kappa shape index (κ3) is 2.03. The predicted molar refractivity (Wildman–Crippen MR) is 66.6 cm³/mol. The van der Waals surface area contributed by atoms with Crippen LogP contribution >= 0.6 is 0 Å². The molecule has 0 unspecified atom stereocenters. The Kier molecular flexibility index (Phi) is 2.66. The Morgan fingerprint density at radius 2 is 2.28 bits per heavy atom. The molecule has 1 heterocycles. The highest BCUT2D eigenvalue weighted by Gasteiger charge is 2.27. The second-order valence-corrected chi connectivity index (χ2v) is 4.43. The minimum absolute atomic E-state index is 0.138. The number of nitrogens with zero attached hydrogens (tertiary/aromatic N) is 2. The van der Waals surface area contributed by atoms with Crippen LogP contribution < -0.4 is 4.74 Å². The van der Waals surface area contributed by atoms with Crippen LogP contribution in [0.3, 0.4) is 0 Å². The Labute approximate surface area is 105 Å². The number of hydrogen-bond donors (Lipinski definition) is 2. The normalized spacial score (nSPS) is 14.7. The fraction of sp³-hybridized carbons (Fsp3) is 0.385. The van der Waals surface area contributed by atoms with Crippen molar-refractivity contribution in [2.24, 2.45) is 0 Å². The monoisotopic (exact) mass is 245 g/mol. The highest BCUT2D eigenvalue weighted by molar-refractivity contribution is 5.60. The van der Waals surface area contributed by atoms with Gasteiger partial charge < -0.3 is 9.84 Å². The van der Waals surface area contributed by atoms with Crippen molar-refractivity contribution in [1.29, 1.82) is 0 Å². The first kappa shape index (κ1) is 11.1. The van der Waals surface area contributed by atoms with Gasteiger partial charge >= 0.3 is 0 Å². The van der Waals surface area contributed by atoms with E-state index in [0.717, 1.165) is 11.4 Å². The van der Waals surface area contributed by atoms with Crippen molar-refractivity contribution in [3.63, 3.8) is 0 Å². The number of nitrogens with one attached hydrogen (secondary N) is 1. The maximum Gasteiger partial charge on any atom is 0.181 e. The van der Waals surface area contributed by atoms with Crippen LogP contribution in [0, 0.1) is 0 Å². The summed E-state index contributed by atoms with van der Waals surface area (Å²) in [6, 6.07) is 5.16. The molecule has 1 aliphatic carbocycles. The van der Waals surface area contributed by atoms with Crippen LogP contribution in [0.25, 0.3) is 11.4 Å². The third-order valence-corrected chi connectivity index (χ3v) is 2.98. The molecule has 0 amide bonds. The fourth-order valence-electron chi connectivity index (χ4n) is 1.87. The molecule has 0 radical (unpaired) electrons. The van der Waals surface area contributed by atoms with E-state index in [2.05, 4.69) is 15.2 Å². The average Bonchev–Trinajstić information content (AvgIpc) is 3.11. The van der Waals surface area contributed by atoms with Crippen LogP contribution in [-0.2, 0) is 0 Å². The maximum absolute atomic E-state index is 9.64. The molecule has 0 atom stereocenters. The lowest BCUT2D eigenvalue weighted by Gasteiger charge is -2.06. The molecule has 0 spiro atoms.